The molecule has 0 saturated carbocycles. The van der Waals surface area contributed by atoms with Gasteiger partial charge in [-0.05, 0) is 37.0 Å². The summed E-state index contributed by atoms with van der Waals surface area (Å²) in [4.78, 5) is 26.0. The van der Waals surface area contributed by atoms with E-state index in [0.29, 0.717) is 17.6 Å². The fourth-order valence-electron chi connectivity index (χ4n) is 3.35. The summed E-state index contributed by atoms with van der Waals surface area (Å²) in [6.45, 7) is 1.47. The van der Waals surface area contributed by atoms with Crippen LogP contribution in [0.15, 0.2) is 24.3 Å². The quantitative estimate of drug-likeness (QED) is 0.854. The van der Waals surface area contributed by atoms with Crippen LogP contribution in [0.5, 0.6) is 0 Å². The summed E-state index contributed by atoms with van der Waals surface area (Å²) in [5.41, 5.74) is 0.603. The molecule has 1 aromatic rings. The van der Waals surface area contributed by atoms with Crippen molar-refractivity contribution in [1.82, 2.24) is 15.5 Å². The van der Waals surface area contributed by atoms with Crippen molar-refractivity contribution in [3.8, 4) is 0 Å². The van der Waals surface area contributed by atoms with Crippen LogP contribution in [0.3, 0.4) is 0 Å². The van der Waals surface area contributed by atoms with Gasteiger partial charge in [-0.2, -0.15) is 0 Å². The highest BCUT2D eigenvalue weighted by molar-refractivity contribution is 5.86. The van der Waals surface area contributed by atoms with E-state index < -0.39 is 0 Å². The molecule has 0 radical (unpaired) electrons. The smallest absolute Gasteiger partial charge is 0.242 e. The third-order valence-corrected chi connectivity index (χ3v) is 4.57. The molecular weight excluding hydrogens is 333 g/mol. The van der Waals surface area contributed by atoms with Crippen LogP contribution in [0.1, 0.15) is 24.8 Å². The third kappa shape index (κ3) is 4.92. The van der Waals surface area contributed by atoms with Crippen molar-refractivity contribution in [3.05, 3.63) is 35.6 Å². The van der Waals surface area contributed by atoms with Crippen LogP contribution in [0.4, 0.5) is 4.39 Å². The van der Waals surface area contributed by atoms with Crippen molar-refractivity contribution >= 4 is 24.2 Å². The van der Waals surface area contributed by atoms with E-state index in [1.54, 1.807) is 12.1 Å². The minimum absolute atomic E-state index is 0. The van der Waals surface area contributed by atoms with Crippen LogP contribution >= 0.6 is 12.4 Å². The van der Waals surface area contributed by atoms with Crippen molar-refractivity contribution in [3.63, 3.8) is 0 Å². The summed E-state index contributed by atoms with van der Waals surface area (Å²) in [6.07, 6.45) is 3.36. The summed E-state index contributed by atoms with van der Waals surface area (Å²) in [5, 5.41) is 6.16. The summed E-state index contributed by atoms with van der Waals surface area (Å²) < 4.78 is 13.1. The number of amides is 2. The molecular formula is C17H23ClFN3O2. The van der Waals surface area contributed by atoms with E-state index in [9.17, 15) is 14.0 Å². The molecule has 2 saturated heterocycles. The zero-order valence-electron chi connectivity index (χ0n) is 13.5. The Labute approximate surface area is 147 Å². The molecule has 5 nitrogen and oxygen atoms in total. The Morgan fingerprint density at radius 1 is 1.25 bits per heavy atom. The number of fused-ring (bicyclic) bond motifs is 2. The van der Waals surface area contributed by atoms with Crippen LogP contribution in [-0.2, 0) is 16.0 Å². The maximum absolute atomic E-state index is 13.1. The Hall–Kier alpha value is -1.66. The first-order valence-corrected chi connectivity index (χ1v) is 8.15. The molecule has 2 amide bonds. The van der Waals surface area contributed by atoms with E-state index in [-0.39, 0.29) is 43.0 Å². The number of hydrogen-bond acceptors (Lipinski definition) is 3. The van der Waals surface area contributed by atoms with Crippen molar-refractivity contribution < 1.29 is 14.0 Å². The fraction of sp³-hybridized carbons (Fsp3) is 0.529. The van der Waals surface area contributed by atoms with E-state index in [1.807, 2.05) is 4.90 Å². The van der Waals surface area contributed by atoms with Gasteiger partial charge in [0.2, 0.25) is 11.8 Å². The van der Waals surface area contributed by atoms with Crippen LogP contribution in [-0.4, -0.2) is 48.4 Å². The second kappa shape index (κ2) is 8.44. The zero-order chi connectivity index (χ0) is 16.2. The molecule has 3 rings (SSSR count). The number of nitrogens with zero attached hydrogens (tertiary/aromatic N) is 1. The molecule has 132 valence electrons. The first-order valence-electron chi connectivity index (χ1n) is 8.15. The molecule has 0 aromatic heterocycles. The van der Waals surface area contributed by atoms with Gasteiger partial charge in [-0.3, -0.25) is 9.59 Å². The molecule has 0 spiro atoms. The van der Waals surface area contributed by atoms with Gasteiger partial charge in [-0.15, -0.1) is 12.4 Å². The number of carbonyl (C=O) groups is 2. The number of halogens is 2. The average Bonchev–Trinajstić information content (AvgIpc) is 2.84. The van der Waals surface area contributed by atoms with Gasteiger partial charge in [-0.1, -0.05) is 12.1 Å². The van der Waals surface area contributed by atoms with Crippen LogP contribution in [0.2, 0.25) is 0 Å². The Bertz CT molecular complexity index is 599. The van der Waals surface area contributed by atoms with Crippen molar-refractivity contribution in [2.75, 3.05) is 19.6 Å². The second-order valence-electron chi connectivity index (χ2n) is 6.35. The average molecular weight is 356 g/mol. The zero-order valence-corrected chi connectivity index (χ0v) is 14.3. The molecule has 2 atom stereocenters. The Balaban J connectivity index is 0.00000208. The lowest BCUT2D eigenvalue weighted by Gasteiger charge is -2.24. The van der Waals surface area contributed by atoms with Gasteiger partial charge >= 0.3 is 0 Å². The normalized spacial score (nSPS) is 22.5. The van der Waals surface area contributed by atoms with E-state index in [4.69, 9.17) is 0 Å². The highest BCUT2D eigenvalue weighted by atomic mass is 35.5. The van der Waals surface area contributed by atoms with Gasteiger partial charge in [0.1, 0.15) is 5.82 Å². The van der Waals surface area contributed by atoms with Crippen molar-refractivity contribution in [1.29, 1.82) is 0 Å². The second-order valence-corrected chi connectivity index (χ2v) is 6.35. The maximum Gasteiger partial charge on any atom is 0.242 e. The van der Waals surface area contributed by atoms with E-state index in [1.165, 1.54) is 18.6 Å². The SMILES string of the molecule is Cl.O=C(Cc1cccc(F)c1)NCC(=O)N1CCC2CCC(C1)N2. The maximum atomic E-state index is 13.1. The molecule has 2 bridgehead atoms. The highest BCUT2D eigenvalue weighted by Crippen LogP contribution is 2.20. The van der Waals surface area contributed by atoms with E-state index >= 15 is 0 Å². The largest absolute Gasteiger partial charge is 0.347 e. The molecule has 2 fully saturated rings. The van der Waals surface area contributed by atoms with Crippen LogP contribution in [0.25, 0.3) is 0 Å². The first kappa shape index (κ1) is 18.7. The molecule has 2 aliphatic rings. The molecule has 0 aliphatic carbocycles. The summed E-state index contributed by atoms with van der Waals surface area (Å²) in [6, 6.07) is 6.85. The van der Waals surface area contributed by atoms with Crippen molar-refractivity contribution in [2.24, 2.45) is 0 Å². The Kier molecular flexibility index (Phi) is 6.57. The number of carbonyl (C=O) groups excluding carboxylic acids is 2. The van der Waals surface area contributed by atoms with Gasteiger partial charge in [0, 0.05) is 25.2 Å². The van der Waals surface area contributed by atoms with Gasteiger partial charge < -0.3 is 15.5 Å². The van der Waals surface area contributed by atoms with Gasteiger partial charge in [0.25, 0.3) is 0 Å². The number of rotatable bonds is 4. The summed E-state index contributed by atoms with van der Waals surface area (Å²) >= 11 is 0. The molecule has 2 heterocycles. The highest BCUT2D eigenvalue weighted by Gasteiger charge is 2.30. The van der Waals surface area contributed by atoms with Gasteiger partial charge in [-0.25, -0.2) is 4.39 Å². The Morgan fingerprint density at radius 2 is 2.04 bits per heavy atom. The monoisotopic (exact) mass is 355 g/mol. The lowest BCUT2D eigenvalue weighted by molar-refractivity contribution is -0.132. The van der Waals surface area contributed by atoms with Crippen LogP contribution in [0, 0.1) is 5.82 Å². The molecule has 1 aromatic carbocycles. The first-order chi connectivity index (χ1) is 11.1. The molecule has 2 aliphatic heterocycles. The van der Waals surface area contributed by atoms with Crippen LogP contribution < -0.4 is 10.6 Å². The minimum Gasteiger partial charge on any atom is -0.347 e. The van der Waals surface area contributed by atoms with E-state index in [2.05, 4.69) is 10.6 Å². The van der Waals surface area contributed by atoms with Crippen molar-refractivity contribution in [2.45, 2.75) is 37.8 Å². The standard InChI is InChI=1S/C17H22FN3O2.ClH/c18-13-3-1-2-12(8-13)9-16(22)19-10-17(23)21-7-6-14-4-5-15(11-21)20-14;/h1-3,8,14-15,20H,4-7,9-11H2,(H,19,22);1H. The predicted octanol–water partition coefficient (Wildman–Crippen LogP) is 1.26. The third-order valence-electron chi connectivity index (χ3n) is 4.57. The summed E-state index contributed by atoms with van der Waals surface area (Å²) in [7, 11) is 0. The number of hydrogen-bond donors (Lipinski definition) is 2. The van der Waals surface area contributed by atoms with E-state index in [0.717, 1.165) is 25.9 Å². The lowest BCUT2D eigenvalue weighted by Crippen LogP contribution is -2.44. The van der Waals surface area contributed by atoms with Gasteiger partial charge in [0.05, 0.1) is 13.0 Å². The minimum atomic E-state index is -0.363. The summed E-state index contributed by atoms with van der Waals surface area (Å²) in [5.74, 6) is -0.677. The predicted molar refractivity (Wildman–Crippen MR) is 91.5 cm³/mol. The molecule has 24 heavy (non-hydrogen) atoms. The number of likely N-dealkylation sites (tertiary alicyclic amines) is 1. The molecule has 7 heteroatoms. The number of benzene rings is 1. The Morgan fingerprint density at radius 3 is 2.83 bits per heavy atom. The molecule has 2 N–H and O–H groups in total. The lowest BCUT2D eigenvalue weighted by atomic mass is 10.1. The topological polar surface area (TPSA) is 61.4 Å². The van der Waals surface area contributed by atoms with Gasteiger partial charge in [0.15, 0.2) is 0 Å². The fourth-order valence-corrected chi connectivity index (χ4v) is 3.35. The number of nitrogens with one attached hydrogen (secondary N) is 2. The molecule has 2 unspecified atom stereocenters.